The van der Waals surface area contributed by atoms with E-state index >= 15 is 0 Å². The highest BCUT2D eigenvalue weighted by atomic mass is 16.5. The van der Waals surface area contributed by atoms with Crippen molar-refractivity contribution < 1.29 is 14.3 Å². The number of rotatable bonds is 5. The van der Waals surface area contributed by atoms with E-state index in [1.54, 1.807) is 24.3 Å². The monoisotopic (exact) mass is 314 g/mol. The third kappa shape index (κ3) is 4.10. The Labute approximate surface area is 136 Å². The molecular weight excluding hydrogens is 292 g/mol. The predicted molar refractivity (Wildman–Crippen MR) is 85.0 cm³/mol. The molecule has 2 atom stereocenters. The molecule has 5 heteroatoms. The van der Waals surface area contributed by atoms with Crippen LogP contribution in [0.5, 0.6) is 0 Å². The summed E-state index contributed by atoms with van der Waals surface area (Å²) < 4.78 is 11.4. The first-order valence-electron chi connectivity index (χ1n) is 8.29. The van der Waals surface area contributed by atoms with Gasteiger partial charge in [0.25, 0.3) is 5.91 Å². The molecule has 0 spiro atoms. The summed E-state index contributed by atoms with van der Waals surface area (Å²) in [6.45, 7) is 2.78. The van der Waals surface area contributed by atoms with Gasteiger partial charge in [-0.15, -0.1) is 0 Å². The van der Waals surface area contributed by atoms with Gasteiger partial charge in [0.05, 0.1) is 23.8 Å². The van der Waals surface area contributed by atoms with Crippen molar-refractivity contribution in [1.29, 1.82) is 5.26 Å². The molecule has 5 nitrogen and oxygen atoms in total. The molecule has 2 saturated heterocycles. The van der Waals surface area contributed by atoms with Gasteiger partial charge in [-0.25, -0.2) is 0 Å². The van der Waals surface area contributed by atoms with Gasteiger partial charge in [-0.2, -0.15) is 5.26 Å². The zero-order chi connectivity index (χ0) is 16.1. The molecule has 0 bridgehead atoms. The van der Waals surface area contributed by atoms with Crippen LogP contribution in [0.25, 0.3) is 0 Å². The Morgan fingerprint density at radius 2 is 1.65 bits per heavy atom. The third-order valence-corrected chi connectivity index (χ3v) is 4.44. The molecule has 23 heavy (non-hydrogen) atoms. The van der Waals surface area contributed by atoms with E-state index in [9.17, 15) is 4.79 Å². The van der Waals surface area contributed by atoms with E-state index in [2.05, 4.69) is 6.07 Å². The molecule has 0 aromatic heterocycles. The zero-order valence-electron chi connectivity index (χ0n) is 13.2. The van der Waals surface area contributed by atoms with Crippen molar-refractivity contribution in [3.63, 3.8) is 0 Å². The Morgan fingerprint density at radius 1 is 1.09 bits per heavy atom. The first-order chi connectivity index (χ1) is 11.3. The molecule has 2 heterocycles. The smallest absolute Gasteiger partial charge is 0.254 e. The lowest BCUT2D eigenvalue weighted by Gasteiger charge is -2.28. The average Bonchev–Trinajstić information content (AvgIpc) is 3.27. The van der Waals surface area contributed by atoms with E-state index in [-0.39, 0.29) is 18.1 Å². The van der Waals surface area contributed by atoms with Gasteiger partial charge >= 0.3 is 0 Å². The quantitative estimate of drug-likeness (QED) is 0.837. The third-order valence-electron chi connectivity index (χ3n) is 4.44. The molecule has 0 radical (unpaired) electrons. The number of carbonyl (C=O) groups is 1. The highest BCUT2D eigenvalue weighted by Gasteiger charge is 2.27. The first-order valence-corrected chi connectivity index (χ1v) is 8.29. The molecule has 2 aliphatic rings. The highest BCUT2D eigenvalue weighted by Crippen LogP contribution is 2.19. The van der Waals surface area contributed by atoms with Crippen LogP contribution in [0.1, 0.15) is 41.6 Å². The van der Waals surface area contributed by atoms with Crippen LogP contribution in [0.3, 0.4) is 0 Å². The maximum absolute atomic E-state index is 12.9. The number of nitrogens with zero attached hydrogens (tertiary/aromatic N) is 2. The fraction of sp³-hybridized carbons (Fsp3) is 0.556. The molecule has 122 valence electrons. The summed E-state index contributed by atoms with van der Waals surface area (Å²) in [5.41, 5.74) is 1.17. The van der Waals surface area contributed by atoms with Gasteiger partial charge in [-0.1, -0.05) is 0 Å². The van der Waals surface area contributed by atoms with Crippen LogP contribution >= 0.6 is 0 Å². The van der Waals surface area contributed by atoms with Gasteiger partial charge in [-0.3, -0.25) is 4.79 Å². The molecule has 0 unspecified atom stereocenters. The number of nitriles is 1. The van der Waals surface area contributed by atoms with Crippen molar-refractivity contribution in [2.24, 2.45) is 0 Å². The second-order valence-electron chi connectivity index (χ2n) is 6.17. The summed E-state index contributed by atoms with van der Waals surface area (Å²) in [5, 5.41) is 8.88. The van der Waals surface area contributed by atoms with Crippen molar-refractivity contribution in [1.82, 2.24) is 4.90 Å². The van der Waals surface area contributed by atoms with Crippen molar-refractivity contribution in [3.8, 4) is 6.07 Å². The van der Waals surface area contributed by atoms with Crippen molar-refractivity contribution in [3.05, 3.63) is 35.4 Å². The maximum Gasteiger partial charge on any atom is 0.254 e. The predicted octanol–water partition coefficient (Wildman–Crippen LogP) is 2.36. The second-order valence-corrected chi connectivity index (χ2v) is 6.17. The molecule has 2 fully saturated rings. The standard InChI is InChI=1S/C18H22N2O3/c19-11-14-5-7-15(8-6-14)18(21)20(12-16-3-1-9-22-16)13-17-4-2-10-23-17/h5-8,16-17H,1-4,9-10,12-13H2/t16-,17-/m0/s1. The Balaban J connectivity index is 1.71. The minimum absolute atomic E-state index is 0.0134. The fourth-order valence-corrected chi connectivity index (χ4v) is 3.18. The summed E-state index contributed by atoms with van der Waals surface area (Å²) >= 11 is 0. The topological polar surface area (TPSA) is 62.6 Å². The minimum atomic E-state index is -0.0134. The molecular formula is C18H22N2O3. The van der Waals surface area contributed by atoms with Crippen LogP contribution in [0.4, 0.5) is 0 Å². The van der Waals surface area contributed by atoms with Crippen LogP contribution < -0.4 is 0 Å². The summed E-state index contributed by atoms with van der Waals surface area (Å²) in [7, 11) is 0. The largest absolute Gasteiger partial charge is 0.376 e. The van der Waals surface area contributed by atoms with Crippen LogP contribution in [-0.4, -0.2) is 49.3 Å². The Morgan fingerprint density at radius 3 is 2.09 bits per heavy atom. The van der Waals surface area contributed by atoms with Crippen molar-refractivity contribution >= 4 is 5.91 Å². The van der Waals surface area contributed by atoms with Crippen LogP contribution in [0.15, 0.2) is 24.3 Å². The number of benzene rings is 1. The Kier molecular flexibility index (Phi) is 5.27. The molecule has 1 aromatic carbocycles. The molecule has 3 rings (SSSR count). The lowest BCUT2D eigenvalue weighted by molar-refractivity contribution is 0.0307. The van der Waals surface area contributed by atoms with E-state index < -0.39 is 0 Å². The maximum atomic E-state index is 12.9. The normalized spacial score (nSPS) is 23.6. The zero-order valence-corrected chi connectivity index (χ0v) is 13.2. The van der Waals surface area contributed by atoms with E-state index in [1.165, 1.54) is 0 Å². The van der Waals surface area contributed by atoms with Gasteiger partial charge in [-0.05, 0) is 49.9 Å². The second kappa shape index (κ2) is 7.58. The van der Waals surface area contributed by atoms with E-state index in [4.69, 9.17) is 14.7 Å². The Hall–Kier alpha value is -1.90. The van der Waals surface area contributed by atoms with Crippen LogP contribution in [0, 0.1) is 11.3 Å². The fourth-order valence-electron chi connectivity index (χ4n) is 3.18. The van der Waals surface area contributed by atoms with Crippen LogP contribution in [0.2, 0.25) is 0 Å². The lowest BCUT2D eigenvalue weighted by Crippen LogP contribution is -2.42. The molecule has 0 aliphatic carbocycles. The van der Waals surface area contributed by atoms with Gasteiger partial charge < -0.3 is 14.4 Å². The van der Waals surface area contributed by atoms with E-state index in [1.807, 2.05) is 4.90 Å². The first kappa shape index (κ1) is 16.0. The highest BCUT2D eigenvalue weighted by molar-refractivity contribution is 5.94. The minimum Gasteiger partial charge on any atom is -0.376 e. The molecule has 0 saturated carbocycles. The van der Waals surface area contributed by atoms with E-state index in [0.29, 0.717) is 24.2 Å². The number of amides is 1. The molecule has 1 amide bonds. The summed E-state index contributed by atoms with van der Waals surface area (Å²) in [4.78, 5) is 14.7. The average molecular weight is 314 g/mol. The van der Waals surface area contributed by atoms with Crippen molar-refractivity contribution in [2.45, 2.75) is 37.9 Å². The SMILES string of the molecule is N#Cc1ccc(C(=O)N(C[C@@H]2CCCO2)C[C@@H]2CCCO2)cc1. The van der Waals surface area contributed by atoms with Gasteiger partial charge in [0.15, 0.2) is 0 Å². The summed E-state index contributed by atoms with van der Waals surface area (Å²) in [6, 6.07) is 8.89. The van der Waals surface area contributed by atoms with Gasteiger partial charge in [0, 0.05) is 31.9 Å². The van der Waals surface area contributed by atoms with Gasteiger partial charge in [0.1, 0.15) is 0 Å². The summed E-state index contributed by atoms with van der Waals surface area (Å²) in [5.74, 6) is -0.0134. The number of carbonyl (C=O) groups excluding carboxylic acids is 1. The number of hydrogen-bond acceptors (Lipinski definition) is 4. The number of ether oxygens (including phenoxy) is 2. The number of hydrogen-bond donors (Lipinski definition) is 0. The van der Waals surface area contributed by atoms with Crippen LogP contribution in [-0.2, 0) is 9.47 Å². The van der Waals surface area contributed by atoms with Gasteiger partial charge in [0.2, 0.25) is 0 Å². The Bertz CT molecular complexity index is 549. The molecule has 2 aliphatic heterocycles. The summed E-state index contributed by atoms with van der Waals surface area (Å²) in [6.07, 6.45) is 4.37. The molecule has 0 N–H and O–H groups in total. The lowest BCUT2D eigenvalue weighted by atomic mass is 10.1. The van der Waals surface area contributed by atoms with E-state index in [0.717, 1.165) is 38.9 Å². The molecule has 1 aromatic rings. The van der Waals surface area contributed by atoms with Crippen molar-refractivity contribution in [2.75, 3.05) is 26.3 Å².